The van der Waals surface area contributed by atoms with Crippen LogP contribution in [0, 0.1) is 5.92 Å². The molecule has 0 spiro atoms. The molecule has 1 heterocycles. The topological polar surface area (TPSA) is 76.8 Å². The largest absolute Gasteiger partial charge is 0.454 e. The summed E-state index contributed by atoms with van der Waals surface area (Å²) in [5, 5.41) is 2.89. The number of nitrogens with zero attached hydrogens (tertiary/aromatic N) is 1. The zero-order chi connectivity index (χ0) is 17.0. The Morgan fingerprint density at radius 1 is 1.30 bits per heavy atom. The van der Waals surface area contributed by atoms with Crippen molar-refractivity contribution in [1.29, 1.82) is 0 Å². The number of nitrogens with two attached hydrogens (primary N) is 1. The van der Waals surface area contributed by atoms with Crippen molar-refractivity contribution in [3.63, 3.8) is 0 Å². The number of carbonyl (C=O) groups excluding carboxylic acids is 1. The lowest BCUT2D eigenvalue weighted by atomic mass is 10.0. The second kappa shape index (κ2) is 7.66. The summed E-state index contributed by atoms with van der Waals surface area (Å²) in [7, 11) is 1.98. The summed E-state index contributed by atoms with van der Waals surface area (Å²) in [6.45, 7) is 6.77. The molecular formula is C17H27N3O3. The van der Waals surface area contributed by atoms with Crippen LogP contribution in [0.25, 0.3) is 0 Å². The number of rotatable bonds is 7. The molecule has 1 aliphatic rings. The molecular weight excluding hydrogens is 294 g/mol. The monoisotopic (exact) mass is 321 g/mol. The summed E-state index contributed by atoms with van der Waals surface area (Å²) >= 11 is 0. The van der Waals surface area contributed by atoms with Crippen LogP contribution in [0.4, 0.5) is 0 Å². The van der Waals surface area contributed by atoms with Crippen molar-refractivity contribution in [3.05, 3.63) is 23.8 Å². The molecule has 0 bridgehead atoms. The number of nitrogens with one attached hydrogen (secondary N) is 1. The normalized spacial score (nSPS) is 15.8. The summed E-state index contributed by atoms with van der Waals surface area (Å²) in [6.07, 6.45) is 0.860. The number of carbonyl (C=O) groups is 1. The number of likely N-dealkylation sites (N-methyl/N-ethyl adjacent to an activating group) is 1. The quantitative estimate of drug-likeness (QED) is 0.741. The molecule has 2 unspecified atom stereocenters. The van der Waals surface area contributed by atoms with Gasteiger partial charge in [0.15, 0.2) is 11.5 Å². The van der Waals surface area contributed by atoms with Gasteiger partial charge in [-0.15, -0.1) is 0 Å². The van der Waals surface area contributed by atoms with Crippen LogP contribution in [-0.2, 0) is 11.2 Å². The van der Waals surface area contributed by atoms with Crippen molar-refractivity contribution in [2.45, 2.75) is 39.3 Å². The second-order valence-electron chi connectivity index (χ2n) is 6.47. The van der Waals surface area contributed by atoms with E-state index in [2.05, 4.69) is 17.1 Å². The molecule has 128 valence electrons. The first-order chi connectivity index (χ1) is 10.9. The van der Waals surface area contributed by atoms with Gasteiger partial charge < -0.3 is 20.5 Å². The van der Waals surface area contributed by atoms with E-state index in [0.29, 0.717) is 6.67 Å². The molecule has 0 fully saturated rings. The number of hydrogen-bond donors (Lipinski definition) is 2. The molecule has 1 aromatic rings. The number of fused-ring (bicyclic) bond motifs is 1. The highest BCUT2D eigenvalue weighted by atomic mass is 16.7. The molecule has 2 rings (SSSR count). The molecule has 6 nitrogen and oxygen atoms in total. The Balaban J connectivity index is 1.83. The minimum absolute atomic E-state index is 0.109. The van der Waals surface area contributed by atoms with Gasteiger partial charge in [-0.1, -0.05) is 19.9 Å². The lowest BCUT2D eigenvalue weighted by Crippen LogP contribution is -2.48. The number of benzene rings is 1. The van der Waals surface area contributed by atoms with E-state index in [-0.39, 0.29) is 24.7 Å². The average Bonchev–Trinajstić information content (AvgIpc) is 2.98. The minimum Gasteiger partial charge on any atom is -0.454 e. The number of amides is 1. The first kappa shape index (κ1) is 17.6. The Morgan fingerprint density at radius 3 is 2.70 bits per heavy atom. The molecule has 3 N–H and O–H groups in total. The van der Waals surface area contributed by atoms with Gasteiger partial charge in [0.05, 0.1) is 12.7 Å². The predicted octanol–water partition coefficient (Wildman–Crippen LogP) is 1.34. The first-order valence-corrected chi connectivity index (χ1v) is 8.00. The highest BCUT2D eigenvalue weighted by Gasteiger charge is 2.19. The summed E-state index contributed by atoms with van der Waals surface area (Å²) in [4.78, 5) is 14.0. The molecule has 1 amide bonds. The van der Waals surface area contributed by atoms with Gasteiger partial charge >= 0.3 is 0 Å². The number of hydrogen-bond acceptors (Lipinski definition) is 5. The van der Waals surface area contributed by atoms with E-state index < -0.39 is 6.04 Å². The molecule has 1 aromatic carbocycles. The lowest BCUT2D eigenvalue weighted by Gasteiger charge is -2.26. The van der Waals surface area contributed by atoms with E-state index in [9.17, 15) is 4.79 Å². The third-order valence-electron chi connectivity index (χ3n) is 4.24. The molecule has 0 radical (unpaired) electrons. The maximum atomic E-state index is 11.9. The third kappa shape index (κ3) is 4.59. The van der Waals surface area contributed by atoms with Crippen LogP contribution in [-0.4, -0.2) is 43.4 Å². The molecule has 0 saturated carbocycles. The van der Waals surface area contributed by atoms with Crippen molar-refractivity contribution in [2.75, 3.05) is 20.5 Å². The highest BCUT2D eigenvalue weighted by Crippen LogP contribution is 2.32. The van der Waals surface area contributed by atoms with E-state index >= 15 is 0 Å². The van der Waals surface area contributed by atoms with Gasteiger partial charge in [-0.05, 0) is 44.0 Å². The third-order valence-corrected chi connectivity index (χ3v) is 4.24. The van der Waals surface area contributed by atoms with Gasteiger partial charge in [-0.2, -0.15) is 0 Å². The summed E-state index contributed by atoms with van der Waals surface area (Å²) in [6, 6.07) is 5.80. The molecule has 6 heteroatoms. The zero-order valence-corrected chi connectivity index (χ0v) is 14.3. The van der Waals surface area contributed by atoms with E-state index in [1.165, 1.54) is 5.56 Å². The van der Waals surface area contributed by atoms with E-state index in [1.54, 1.807) is 0 Å². The van der Waals surface area contributed by atoms with Crippen molar-refractivity contribution in [1.82, 2.24) is 10.2 Å². The molecule has 2 atom stereocenters. The zero-order valence-electron chi connectivity index (χ0n) is 14.3. The Hall–Kier alpha value is -1.79. The van der Waals surface area contributed by atoms with E-state index in [4.69, 9.17) is 15.2 Å². The molecule has 23 heavy (non-hydrogen) atoms. The second-order valence-corrected chi connectivity index (χ2v) is 6.47. The number of ether oxygens (including phenoxy) is 2. The van der Waals surface area contributed by atoms with Gasteiger partial charge in [-0.3, -0.25) is 9.69 Å². The van der Waals surface area contributed by atoms with Crippen molar-refractivity contribution < 1.29 is 14.3 Å². The smallest absolute Gasteiger partial charge is 0.238 e. The van der Waals surface area contributed by atoms with Crippen LogP contribution >= 0.6 is 0 Å². The molecule has 0 aliphatic carbocycles. The van der Waals surface area contributed by atoms with E-state index in [0.717, 1.165) is 17.9 Å². The van der Waals surface area contributed by atoms with Crippen LogP contribution < -0.4 is 20.5 Å². The summed E-state index contributed by atoms with van der Waals surface area (Å²) < 4.78 is 10.7. The molecule has 0 aromatic heterocycles. The Bertz CT molecular complexity index is 548. The first-order valence-electron chi connectivity index (χ1n) is 8.00. The van der Waals surface area contributed by atoms with Crippen LogP contribution in [0.1, 0.15) is 26.3 Å². The maximum absolute atomic E-state index is 11.9. The standard InChI is InChI=1S/C17H27N3O3/c1-11(2)16(18)17(21)19-9-20(4)12(3)7-13-5-6-14-15(8-13)23-10-22-14/h5-6,8,11-12,16H,7,9-10,18H2,1-4H3,(H,19,21). The van der Waals surface area contributed by atoms with Gasteiger partial charge in [-0.25, -0.2) is 0 Å². The van der Waals surface area contributed by atoms with Crippen molar-refractivity contribution in [2.24, 2.45) is 11.7 Å². The van der Waals surface area contributed by atoms with E-state index in [1.807, 2.05) is 39.1 Å². The lowest BCUT2D eigenvalue weighted by molar-refractivity contribution is -0.123. The van der Waals surface area contributed by atoms with Crippen molar-refractivity contribution >= 4 is 5.91 Å². The predicted molar refractivity (Wildman–Crippen MR) is 89.3 cm³/mol. The van der Waals surface area contributed by atoms with Crippen LogP contribution in [0.2, 0.25) is 0 Å². The molecule has 1 aliphatic heterocycles. The van der Waals surface area contributed by atoms with Crippen molar-refractivity contribution in [3.8, 4) is 11.5 Å². The van der Waals surface area contributed by atoms with Crippen LogP contribution in [0.15, 0.2) is 18.2 Å². The van der Waals surface area contributed by atoms with Gasteiger partial charge in [0.25, 0.3) is 0 Å². The van der Waals surface area contributed by atoms with Crippen LogP contribution in [0.3, 0.4) is 0 Å². The highest BCUT2D eigenvalue weighted by molar-refractivity contribution is 5.81. The SMILES string of the molecule is CC(C)C(N)C(=O)NCN(C)C(C)Cc1ccc2c(c1)OCO2. The summed E-state index contributed by atoms with van der Waals surface area (Å²) in [5.41, 5.74) is 7.02. The van der Waals surface area contributed by atoms with Gasteiger partial charge in [0.1, 0.15) is 0 Å². The van der Waals surface area contributed by atoms with Gasteiger partial charge in [0.2, 0.25) is 12.7 Å². The fourth-order valence-electron chi connectivity index (χ4n) is 2.34. The summed E-state index contributed by atoms with van der Waals surface area (Å²) in [5.74, 6) is 1.62. The maximum Gasteiger partial charge on any atom is 0.238 e. The van der Waals surface area contributed by atoms with Gasteiger partial charge in [0, 0.05) is 6.04 Å². The fourth-order valence-corrected chi connectivity index (χ4v) is 2.34. The average molecular weight is 321 g/mol. The molecule has 0 saturated heterocycles. The Morgan fingerprint density at radius 2 is 2.00 bits per heavy atom. The van der Waals surface area contributed by atoms with Crippen LogP contribution in [0.5, 0.6) is 11.5 Å². The Kier molecular flexibility index (Phi) is 5.85. The Labute approximate surface area is 137 Å². The fraction of sp³-hybridized carbons (Fsp3) is 0.588. The minimum atomic E-state index is -0.465.